The van der Waals surface area contributed by atoms with Crippen LogP contribution in [0.2, 0.25) is 20.1 Å². The zero-order chi connectivity index (χ0) is 45.9. The summed E-state index contributed by atoms with van der Waals surface area (Å²) in [6, 6.07) is 9.01. The summed E-state index contributed by atoms with van der Waals surface area (Å²) < 4.78 is 68.2. The second kappa shape index (κ2) is 20.1. The highest BCUT2D eigenvalue weighted by Gasteiger charge is 2.28. The molecule has 0 spiro atoms. The summed E-state index contributed by atoms with van der Waals surface area (Å²) in [6.07, 6.45) is 9.99. The second-order valence-electron chi connectivity index (χ2n) is 15.3. The van der Waals surface area contributed by atoms with E-state index in [2.05, 4.69) is 35.9 Å². The van der Waals surface area contributed by atoms with Crippen molar-refractivity contribution in [3.8, 4) is 34.0 Å². The van der Waals surface area contributed by atoms with Gasteiger partial charge in [0.15, 0.2) is 23.1 Å². The molecule has 0 bridgehead atoms. The number of nitrogen functional groups attached to an aromatic ring is 2. The number of benzene rings is 2. The maximum atomic E-state index is 13.9. The van der Waals surface area contributed by atoms with Gasteiger partial charge in [0.25, 0.3) is 0 Å². The maximum absolute atomic E-state index is 13.9. The molecule has 6 heterocycles. The molecule has 5 N–H and O–H groups in total. The average Bonchev–Trinajstić information content (AvgIpc) is 3.98. The average molecular weight is 981 g/mol. The molecule has 2 atom stereocenters. The number of halogens is 6. The quantitative estimate of drug-likeness (QED) is 0.104. The molecule has 6 aromatic rings. The van der Waals surface area contributed by atoms with E-state index >= 15 is 0 Å². The Bertz CT molecular complexity index is 2730. The molecule has 0 amide bonds. The first-order valence-electron chi connectivity index (χ1n) is 20.1. The van der Waals surface area contributed by atoms with E-state index in [0.717, 1.165) is 25.9 Å². The smallest absolute Gasteiger partial charge is 0.211 e. The van der Waals surface area contributed by atoms with Crippen molar-refractivity contribution in [2.45, 2.75) is 63.8 Å². The van der Waals surface area contributed by atoms with Gasteiger partial charge in [-0.1, -0.05) is 56.8 Å². The topological polar surface area (TPSA) is 207 Å². The number of pyridine rings is 2. The monoisotopic (exact) mass is 978 g/mol. The molecular formula is C41H44Cl4F2N12O4S. The molecule has 0 radical (unpaired) electrons. The van der Waals surface area contributed by atoms with Gasteiger partial charge >= 0.3 is 0 Å². The fraction of sp³-hybridized carbons (Fsp3) is 0.366. The van der Waals surface area contributed by atoms with E-state index < -0.39 is 33.9 Å². The van der Waals surface area contributed by atoms with Crippen LogP contribution in [0.15, 0.2) is 61.2 Å². The van der Waals surface area contributed by atoms with Gasteiger partial charge in [-0.3, -0.25) is 0 Å². The number of sulfonamides is 1. The summed E-state index contributed by atoms with van der Waals surface area (Å²) >= 11 is 24.6. The fourth-order valence-corrected chi connectivity index (χ4v) is 9.62. The Kier molecular flexibility index (Phi) is 14.8. The third kappa shape index (κ3) is 10.8. The molecular weight excluding hydrogens is 936 g/mol. The van der Waals surface area contributed by atoms with Gasteiger partial charge in [-0.15, -0.1) is 10.2 Å². The van der Waals surface area contributed by atoms with E-state index in [1.165, 1.54) is 34.8 Å². The first-order chi connectivity index (χ1) is 30.5. The number of nitrogens with two attached hydrogens (primary N) is 2. The lowest BCUT2D eigenvalue weighted by atomic mass is 10.1. The van der Waals surface area contributed by atoms with E-state index in [0.29, 0.717) is 76.4 Å². The van der Waals surface area contributed by atoms with Crippen LogP contribution in [0.5, 0.6) is 11.5 Å². The molecule has 0 saturated carbocycles. The largest absolute Gasteiger partial charge is 0.482 e. The standard InChI is InChI=1S/C21H23Cl2FN6O3S.C20H21Cl2FN6O/c1-12(19-15(22)3-4-16(24)20(19)23)33-18-9-13(10-26-21(18)25)17-11-30(28-27-17)14-5-7-29(8-6-14)34(2,31)32;1-11(18-14(21)2-3-15(23)19(18)22)30-17-8-12(9-26-20(17)24)16-10-29(28-27-16)13-4-6-25-7-5-13/h3-4,9-12,14H,5-8H2,1-2H3,(H2,25,26);2-3,8-11,13,25H,4-7H2,1H3,(H2,24,26). The van der Waals surface area contributed by atoms with Crippen LogP contribution in [0.3, 0.4) is 0 Å². The molecule has 8 rings (SSSR count). The van der Waals surface area contributed by atoms with Crippen LogP contribution in [0.4, 0.5) is 20.4 Å². The van der Waals surface area contributed by atoms with Crippen LogP contribution in [-0.2, 0) is 10.0 Å². The third-order valence-electron chi connectivity index (χ3n) is 10.9. The number of ether oxygens (including phenoxy) is 2. The molecule has 16 nitrogen and oxygen atoms in total. The van der Waals surface area contributed by atoms with Crippen molar-refractivity contribution >= 4 is 68.1 Å². The number of nitrogens with zero attached hydrogens (tertiary/aromatic N) is 9. The summed E-state index contributed by atoms with van der Waals surface area (Å²) in [7, 11) is -3.20. The Morgan fingerprint density at radius 1 is 0.719 bits per heavy atom. The number of hydrogen-bond donors (Lipinski definition) is 3. The van der Waals surface area contributed by atoms with Crippen molar-refractivity contribution in [1.29, 1.82) is 0 Å². The molecule has 340 valence electrons. The molecule has 2 aromatic carbocycles. The van der Waals surface area contributed by atoms with Crippen LogP contribution in [0.25, 0.3) is 22.5 Å². The second-order valence-corrected chi connectivity index (χ2v) is 18.8. The van der Waals surface area contributed by atoms with Crippen molar-refractivity contribution in [3.05, 3.63) is 104 Å². The predicted octanol–water partition coefficient (Wildman–Crippen LogP) is 8.54. The minimum atomic E-state index is -3.20. The highest BCUT2D eigenvalue weighted by molar-refractivity contribution is 7.88. The van der Waals surface area contributed by atoms with Crippen LogP contribution in [0, 0.1) is 11.6 Å². The number of nitrogens with one attached hydrogen (secondary N) is 1. The molecule has 2 unspecified atom stereocenters. The molecule has 2 fully saturated rings. The van der Waals surface area contributed by atoms with Gasteiger partial charge in [-0.05, 0) is 89.0 Å². The summed E-state index contributed by atoms with van der Waals surface area (Å²) in [6.45, 7) is 6.19. The Balaban J connectivity index is 0.000000193. The molecule has 4 aromatic heterocycles. The van der Waals surface area contributed by atoms with Gasteiger partial charge in [0, 0.05) is 57.8 Å². The van der Waals surface area contributed by atoms with Crippen LogP contribution in [-0.4, -0.2) is 85.1 Å². The van der Waals surface area contributed by atoms with E-state index in [9.17, 15) is 17.2 Å². The SMILES string of the molecule is CC(Oc1cc(-c2cn(C3CCN(S(C)(=O)=O)CC3)nn2)cnc1N)c1c(Cl)ccc(F)c1Cl.CC(Oc1cc(-c2cn(C3CCNCC3)nn2)cnc1N)c1c(Cl)ccc(F)c1Cl. The molecule has 2 aliphatic rings. The Morgan fingerprint density at radius 2 is 1.14 bits per heavy atom. The number of rotatable bonds is 11. The lowest BCUT2D eigenvalue weighted by molar-refractivity contribution is 0.227. The van der Waals surface area contributed by atoms with Crippen molar-refractivity contribution < 1.29 is 26.7 Å². The Labute approximate surface area is 388 Å². The Morgan fingerprint density at radius 3 is 1.56 bits per heavy atom. The predicted molar refractivity (Wildman–Crippen MR) is 242 cm³/mol. The van der Waals surface area contributed by atoms with Crippen molar-refractivity contribution in [3.63, 3.8) is 0 Å². The molecule has 23 heteroatoms. The number of anilines is 2. The van der Waals surface area contributed by atoms with E-state index in [4.69, 9.17) is 67.3 Å². The number of aromatic nitrogens is 8. The van der Waals surface area contributed by atoms with Gasteiger partial charge in [0.1, 0.15) is 35.2 Å². The lowest BCUT2D eigenvalue weighted by Crippen LogP contribution is -2.38. The van der Waals surface area contributed by atoms with Crippen molar-refractivity contribution in [1.82, 2.24) is 49.6 Å². The van der Waals surface area contributed by atoms with Crippen LogP contribution in [0.1, 0.15) is 74.9 Å². The minimum Gasteiger partial charge on any atom is -0.482 e. The van der Waals surface area contributed by atoms with Gasteiger partial charge in [-0.2, -0.15) is 0 Å². The van der Waals surface area contributed by atoms with Crippen molar-refractivity contribution in [2.24, 2.45) is 0 Å². The molecule has 64 heavy (non-hydrogen) atoms. The molecule has 2 saturated heterocycles. The van der Waals surface area contributed by atoms with Gasteiger partial charge in [0.05, 0.1) is 40.8 Å². The zero-order valence-electron chi connectivity index (χ0n) is 34.7. The lowest BCUT2D eigenvalue weighted by Gasteiger charge is -2.29. The van der Waals surface area contributed by atoms with Gasteiger partial charge in [-0.25, -0.2) is 40.8 Å². The number of hydrogen-bond acceptors (Lipinski definition) is 13. The molecule has 0 aliphatic carbocycles. The normalized spacial score (nSPS) is 16.2. The van der Waals surface area contributed by atoms with E-state index in [1.54, 1.807) is 49.3 Å². The summed E-state index contributed by atoms with van der Waals surface area (Å²) in [5, 5.41) is 20.7. The third-order valence-corrected chi connectivity index (χ3v) is 13.6. The highest BCUT2D eigenvalue weighted by atomic mass is 35.5. The van der Waals surface area contributed by atoms with Crippen LogP contribution >= 0.6 is 46.4 Å². The van der Waals surface area contributed by atoms with Gasteiger partial charge < -0.3 is 26.3 Å². The number of piperidine rings is 2. The van der Waals surface area contributed by atoms with E-state index in [1.807, 2.05) is 10.9 Å². The first-order valence-corrected chi connectivity index (χ1v) is 23.5. The Hall–Kier alpha value is -4.89. The zero-order valence-corrected chi connectivity index (χ0v) is 38.6. The van der Waals surface area contributed by atoms with Gasteiger partial charge in [0.2, 0.25) is 10.0 Å². The summed E-state index contributed by atoms with van der Waals surface area (Å²) in [4.78, 5) is 8.40. The molecule has 2 aliphatic heterocycles. The fourth-order valence-electron chi connectivity index (χ4n) is 7.39. The van der Waals surface area contributed by atoms with Crippen molar-refractivity contribution in [2.75, 3.05) is 43.9 Å². The van der Waals surface area contributed by atoms with E-state index in [-0.39, 0.29) is 38.5 Å². The highest BCUT2D eigenvalue weighted by Crippen LogP contribution is 2.39. The first kappa shape index (κ1) is 47.1. The maximum Gasteiger partial charge on any atom is 0.211 e. The summed E-state index contributed by atoms with van der Waals surface area (Å²) in [5.74, 6) is -0.249. The minimum absolute atomic E-state index is 0.0361. The summed E-state index contributed by atoms with van der Waals surface area (Å²) in [5.41, 5.74) is 15.2. The van der Waals surface area contributed by atoms with Crippen LogP contribution < -0.4 is 26.3 Å².